The summed E-state index contributed by atoms with van der Waals surface area (Å²) in [6.07, 6.45) is -0.432. The van der Waals surface area contributed by atoms with Crippen LogP contribution in [-0.4, -0.2) is 42.3 Å². The maximum atomic E-state index is 12.0. The van der Waals surface area contributed by atoms with E-state index in [9.17, 15) is 14.7 Å². The summed E-state index contributed by atoms with van der Waals surface area (Å²) in [4.78, 5) is 25.2. The molecule has 0 bridgehead atoms. The van der Waals surface area contributed by atoms with Gasteiger partial charge in [0.05, 0.1) is 7.11 Å². The SMILES string of the molecule is CCN(CC)C(=O)Oc1ccc(C(Nc2ccc(OC)cc2)C(=O)O)cc1. The minimum atomic E-state index is -1.02. The number of nitrogens with zero attached hydrogens (tertiary/aromatic N) is 1. The van der Waals surface area contributed by atoms with Crippen LogP contribution in [0.25, 0.3) is 0 Å². The molecular weight excluding hydrogens is 348 g/mol. The van der Waals surface area contributed by atoms with Crippen LogP contribution in [0.15, 0.2) is 48.5 Å². The summed E-state index contributed by atoms with van der Waals surface area (Å²) in [6.45, 7) is 4.85. The highest BCUT2D eigenvalue weighted by Crippen LogP contribution is 2.24. The Kier molecular flexibility index (Phi) is 7.05. The van der Waals surface area contributed by atoms with Gasteiger partial charge < -0.3 is 24.8 Å². The van der Waals surface area contributed by atoms with Crippen molar-refractivity contribution in [2.45, 2.75) is 19.9 Å². The minimum Gasteiger partial charge on any atom is -0.497 e. The zero-order valence-corrected chi connectivity index (χ0v) is 15.6. The molecule has 0 radical (unpaired) electrons. The van der Waals surface area contributed by atoms with Crippen LogP contribution in [0.1, 0.15) is 25.5 Å². The fourth-order valence-corrected chi connectivity index (χ4v) is 2.52. The van der Waals surface area contributed by atoms with Crippen molar-refractivity contribution in [1.29, 1.82) is 0 Å². The lowest BCUT2D eigenvalue weighted by atomic mass is 10.1. The molecule has 2 rings (SSSR count). The van der Waals surface area contributed by atoms with Gasteiger partial charge in [0.2, 0.25) is 0 Å². The number of amides is 1. The van der Waals surface area contributed by atoms with Crippen LogP contribution in [0, 0.1) is 0 Å². The molecule has 1 amide bonds. The third-order valence-electron chi connectivity index (χ3n) is 4.09. The van der Waals surface area contributed by atoms with E-state index >= 15 is 0 Å². The van der Waals surface area contributed by atoms with Gasteiger partial charge in [-0.25, -0.2) is 9.59 Å². The second-order valence-electron chi connectivity index (χ2n) is 5.75. The van der Waals surface area contributed by atoms with Crippen LogP contribution in [-0.2, 0) is 4.79 Å². The van der Waals surface area contributed by atoms with E-state index in [1.165, 1.54) is 0 Å². The predicted octanol–water partition coefficient (Wildman–Crippen LogP) is 3.77. The molecule has 2 N–H and O–H groups in total. The van der Waals surface area contributed by atoms with Crippen LogP contribution in [0.2, 0.25) is 0 Å². The number of aliphatic carboxylic acids is 1. The first-order valence-electron chi connectivity index (χ1n) is 8.68. The number of hydrogen-bond donors (Lipinski definition) is 2. The predicted molar refractivity (Wildman–Crippen MR) is 102 cm³/mol. The van der Waals surface area contributed by atoms with E-state index < -0.39 is 18.1 Å². The molecule has 1 unspecified atom stereocenters. The fraction of sp³-hybridized carbons (Fsp3) is 0.300. The van der Waals surface area contributed by atoms with Crippen molar-refractivity contribution in [3.63, 3.8) is 0 Å². The third-order valence-corrected chi connectivity index (χ3v) is 4.09. The zero-order chi connectivity index (χ0) is 19.8. The highest BCUT2D eigenvalue weighted by molar-refractivity contribution is 5.79. The number of carboxylic acids is 1. The Bertz CT molecular complexity index is 755. The number of rotatable bonds is 8. The number of hydrogen-bond acceptors (Lipinski definition) is 5. The number of carbonyl (C=O) groups is 2. The molecule has 7 nitrogen and oxygen atoms in total. The highest BCUT2D eigenvalue weighted by Gasteiger charge is 2.20. The zero-order valence-electron chi connectivity index (χ0n) is 15.6. The van der Waals surface area contributed by atoms with Gasteiger partial charge in [0, 0.05) is 18.8 Å². The maximum absolute atomic E-state index is 12.0. The molecule has 0 spiro atoms. The van der Waals surface area contributed by atoms with Gasteiger partial charge in [0.15, 0.2) is 6.04 Å². The number of carboxylic acid groups (broad SMARTS) is 1. The molecule has 0 aromatic heterocycles. The lowest BCUT2D eigenvalue weighted by Crippen LogP contribution is -2.33. The lowest BCUT2D eigenvalue weighted by Gasteiger charge is -2.19. The van der Waals surface area contributed by atoms with Crippen LogP contribution >= 0.6 is 0 Å². The second-order valence-corrected chi connectivity index (χ2v) is 5.75. The molecule has 144 valence electrons. The molecule has 27 heavy (non-hydrogen) atoms. The van der Waals surface area contributed by atoms with Gasteiger partial charge in [0.25, 0.3) is 0 Å². The Morgan fingerprint density at radius 1 is 1.00 bits per heavy atom. The van der Waals surface area contributed by atoms with E-state index in [2.05, 4.69) is 5.32 Å². The molecule has 2 aromatic rings. The molecular formula is C20H24N2O5. The molecule has 0 aliphatic heterocycles. The molecule has 7 heteroatoms. The Balaban J connectivity index is 2.11. The number of nitrogens with one attached hydrogen (secondary N) is 1. The molecule has 0 saturated carbocycles. The summed E-state index contributed by atoms with van der Waals surface area (Å²) in [6, 6.07) is 12.5. The molecule has 0 aliphatic rings. The minimum absolute atomic E-state index is 0.365. The molecule has 1 atom stereocenters. The summed E-state index contributed by atoms with van der Waals surface area (Å²) in [5.74, 6) is 0.0368. The number of carbonyl (C=O) groups excluding carboxylic acids is 1. The first-order chi connectivity index (χ1) is 13.0. The van der Waals surface area contributed by atoms with E-state index in [4.69, 9.17) is 9.47 Å². The average Bonchev–Trinajstić information content (AvgIpc) is 2.68. The van der Waals surface area contributed by atoms with E-state index in [1.54, 1.807) is 60.5 Å². The Labute approximate surface area is 158 Å². The maximum Gasteiger partial charge on any atom is 0.415 e. The standard InChI is InChI=1S/C20H24N2O5/c1-4-22(5-2)20(25)27-17-10-6-14(7-11-17)18(19(23)24)21-15-8-12-16(26-3)13-9-15/h6-13,18,21H,4-5H2,1-3H3,(H,23,24). The van der Waals surface area contributed by atoms with Crippen LogP contribution < -0.4 is 14.8 Å². The monoisotopic (exact) mass is 372 g/mol. The van der Waals surface area contributed by atoms with Gasteiger partial charge in [-0.05, 0) is 55.8 Å². The van der Waals surface area contributed by atoms with Crippen molar-refractivity contribution in [1.82, 2.24) is 4.90 Å². The van der Waals surface area contributed by atoms with Crippen molar-refractivity contribution < 1.29 is 24.2 Å². The van der Waals surface area contributed by atoms with E-state index in [1.807, 2.05) is 13.8 Å². The van der Waals surface area contributed by atoms with Gasteiger partial charge >= 0.3 is 12.1 Å². The Morgan fingerprint density at radius 3 is 2.04 bits per heavy atom. The van der Waals surface area contributed by atoms with Crippen molar-refractivity contribution in [2.75, 3.05) is 25.5 Å². The van der Waals surface area contributed by atoms with E-state index in [-0.39, 0.29) is 0 Å². The molecule has 0 saturated heterocycles. The lowest BCUT2D eigenvalue weighted by molar-refractivity contribution is -0.138. The van der Waals surface area contributed by atoms with E-state index in [0.717, 1.165) is 0 Å². The van der Waals surface area contributed by atoms with Crippen molar-refractivity contribution in [2.24, 2.45) is 0 Å². The van der Waals surface area contributed by atoms with Crippen LogP contribution in [0.5, 0.6) is 11.5 Å². The van der Waals surface area contributed by atoms with Gasteiger partial charge in [-0.2, -0.15) is 0 Å². The van der Waals surface area contributed by atoms with E-state index in [0.29, 0.717) is 35.8 Å². The average molecular weight is 372 g/mol. The molecule has 0 heterocycles. The van der Waals surface area contributed by atoms with Gasteiger partial charge in [-0.15, -0.1) is 0 Å². The third kappa shape index (κ3) is 5.37. The summed E-state index contributed by atoms with van der Waals surface area (Å²) in [5, 5.41) is 12.5. The molecule has 2 aromatic carbocycles. The number of anilines is 1. The Hall–Kier alpha value is -3.22. The largest absolute Gasteiger partial charge is 0.497 e. The number of benzene rings is 2. The van der Waals surface area contributed by atoms with Crippen molar-refractivity contribution >= 4 is 17.7 Å². The first-order valence-corrected chi connectivity index (χ1v) is 8.68. The smallest absolute Gasteiger partial charge is 0.415 e. The van der Waals surface area contributed by atoms with Gasteiger partial charge in [0.1, 0.15) is 11.5 Å². The molecule has 0 aliphatic carbocycles. The summed E-state index contributed by atoms with van der Waals surface area (Å²) in [5.41, 5.74) is 1.20. The fourth-order valence-electron chi connectivity index (χ4n) is 2.52. The highest BCUT2D eigenvalue weighted by atomic mass is 16.6. The molecule has 0 fully saturated rings. The van der Waals surface area contributed by atoms with Gasteiger partial charge in [-0.1, -0.05) is 12.1 Å². The van der Waals surface area contributed by atoms with Crippen molar-refractivity contribution in [3.05, 3.63) is 54.1 Å². The second kappa shape index (κ2) is 9.47. The Morgan fingerprint density at radius 2 is 1.56 bits per heavy atom. The summed E-state index contributed by atoms with van der Waals surface area (Å²) >= 11 is 0. The van der Waals surface area contributed by atoms with Gasteiger partial charge in [-0.3, -0.25) is 0 Å². The summed E-state index contributed by atoms with van der Waals surface area (Å²) in [7, 11) is 1.57. The van der Waals surface area contributed by atoms with Crippen LogP contribution in [0.4, 0.5) is 10.5 Å². The normalized spacial score (nSPS) is 11.4. The summed E-state index contributed by atoms with van der Waals surface area (Å²) < 4.78 is 10.4. The number of methoxy groups -OCH3 is 1. The first kappa shape index (κ1) is 20.1. The van der Waals surface area contributed by atoms with Crippen molar-refractivity contribution in [3.8, 4) is 11.5 Å². The number of ether oxygens (including phenoxy) is 2. The topological polar surface area (TPSA) is 88.1 Å². The van der Waals surface area contributed by atoms with Crippen LogP contribution in [0.3, 0.4) is 0 Å². The quantitative estimate of drug-likeness (QED) is 0.733.